The Balaban J connectivity index is 1.49. The zero-order chi connectivity index (χ0) is 26.9. The van der Waals surface area contributed by atoms with E-state index in [0.717, 1.165) is 0 Å². The first kappa shape index (κ1) is 28.3. The lowest BCUT2D eigenvalue weighted by molar-refractivity contribution is -0.344. The van der Waals surface area contributed by atoms with Crippen LogP contribution in [0, 0.1) is 17.8 Å². The monoisotopic (exact) mass is 528 g/mol. The molecular weight excluding hydrogens is 492 g/mol. The second kappa shape index (κ2) is 11.6. The lowest BCUT2D eigenvalue weighted by atomic mass is 9.81. The third-order valence-corrected chi connectivity index (χ3v) is 7.85. The summed E-state index contributed by atoms with van der Waals surface area (Å²) in [4.78, 5) is 13.5. The molecule has 0 amide bonds. The molecule has 3 aliphatic heterocycles. The van der Waals surface area contributed by atoms with Crippen molar-refractivity contribution in [2.45, 2.75) is 68.5 Å². The predicted octanol–water partition coefficient (Wildman–Crippen LogP) is -2.13. The Kier molecular flexibility index (Phi) is 8.86. The number of ketones is 1. The van der Waals surface area contributed by atoms with Crippen molar-refractivity contribution in [2.24, 2.45) is 17.8 Å². The molecule has 0 radical (unpaired) electrons. The van der Waals surface area contributed by atoms with Crippen molar-refractivity contribution < 1.29 is 59.5 Å². The van der Waals surface area contributed by atoms with E-state index in [4.69, 9.17) is 24.1 Å². The van der Waals surface area contributed by atoms with Crippen LogP contribution in [-0.2, 0) is 23.7 Å². The third kappa shape index (κ3) is 5.15. The van der Waals surface area contributed by atoms with Crippen LogP contribution in [0.15, 0.2) is 35.6 Å². The van der Waals surface area contributed by atoms with Crippen LogP contribution in [0.25, 0.3) is 0 Å². The highest BCUT2D eigenvalue weighted by atomic mass is 16.8. The van der Waals surface area contributed by atoms with Crippen molar-refractivity contribution in [1.29, 1.82) is 0 Å². The Bertz CT molecular complexity index is 915. The van der Waals surface area contributed by atoms with Crippen LogP contribution in [0.2, 0.25) is 0 Å². The average Bonchev–Trinajstić information content (AvgIpc) is 3.56. The molecule has 0 spiro atoms. The molecule has 7 N–H and O–H groups in total. The Labute approximate surface area is 214 Å². The Morgan fingerprint density at radius 3 is 2.46 bits per heavy atom. The third-order valence-electron chi connectivity index (χ3n) is 7.85. The molecule has 0 aromatic heterocycles. The van der Waals surface area contributed by atoms with Crippen LogP contribution in [-0.4, -0.2) is 117 Å². The fourth-order valence-corrected chi connectivity index (χ4v) is 5.73. The maximum Gasteiger partial charge on any atom is 0.208 e. The minimum Gasteiger partial charge on any atom is -0.472 e. The largest absolute Gasteiger partial charge is 0.472 e. The molecule has 0 aromatic carbocycles. The van der Waals surface area contributed by atoms with Crippen molar-refractivity contribution in [2.75, 3.05) is 26.4 Å². The van der Waals surface area contributed by atoms with E-state index in [1.165, 1.54) is 12.3 Å². The van der Waals surface area contributed by atoms with Gasteiger partial charge in [-0.1, -0.05) is 12.2 Å². The zero-order valence-electron chi connectivity index (χ0n) is 20.5. The van der Waals surface area contributed by atoms with Crippen molar-refractivity contribution in [3.05, 3.63) is 35.6 Å². The van der Waals surface area contributed by atoms with E-state index in [2.05, 4.69) is 0 Å². The molecule has 208 valence electrons. The average molecular weight is 529 g/mol. The summed E-state index contributed by atoms with van der Waals surface area (Å²) in [5.74, 6) is -1.86. The quantitative estimate of drug-likeness (QED) is 0.0875. The number of epoxide rings is 1. The summed E-state index contributed by atoms with van der Waals surface area (Å²) >= 11 is 0. The lowest BCUT2D eigenvalue weighted by Crippen LogP contribution is -2.60. The molecule has 3 fully saturated rings. The van der Waals surface area contributed by atoms with Crippen molar-refractivity contribution in [3.8, 4) is 0 Å². The van der Waals surface area contributed by atoms with Crippen molar-refractivity contribution in [1.82, 2.24) is 0 Å². The van der Waals surface area contributed by atoms with E-state index < -0.39 is 79.7 Å². The molecule has 37 heavy (non-hydrogen) atoms. The number of allylic oxidation sites excluding steroid dienone is 3. The summed E-state index contributed by atoms with van der Waals surface area (Å²) in [6.07, 6.45) is -1.78. The second-order valence-corrected chi connectivity index (χ2v) is 9.94. The van der Waals surface area contributed by atoms with Crippen LogP contribution in [0.3, 0.4) is 0 Å². The van der Waals surface area contributed by atoms with Crippen LogP contribution in [0.1, 0.15) is 19.8 Å². The molecule has 2 saturated heterocycles. The first-order valence-electron chi connectivity index (χ1n) is 12.4. The van der Waals surface area contributed by atoms with Gasteiger partial charge in [0.25, 0.3) is 0 Å². The van der Waals surface area contributed by atoms with Gasteiger partial charge in [0.05, 0.1) is 44.5 Å². The summed E-state index contributed by atoms with van der Waals surface area (Å²) in [6, 6.07) is 0. The normalized spacial score (nSPS) is 43.2. The summed E-state index contributed by atoms with van der Waals surface area (Å²) in [5, 5.41) is 68.5. The van der Waals surface area contributed by atoms with Gasteiger partial charge in [0.1, 0.15) is 36.1 Å². The SMILES string of the molecule is C/C(=C\CC/C(=C\CO)CO)C(=O)[C@H]1[C@@H]2C=CO[C@@H](O[C@@H]3O[C@H](CO)[C@@H](O)[C@H](O)[C@H]3O)[C@@H]2[C@@]2(CO)O[C@@H]12. The lowest BCUT2D eigenvalue weighted by Gasteiger charge is -2.43. The number of carbonyl (C=O) groups is 1. The Morgan fingerprint density at radius 1 is 1.05 bits per heavy atom. The summed E-state index contributed by atoms with van der Waals surface area (Å²) in [6.45, 7) is 0.321. The van der Waals surface area contributed by atoms with Gasteiger partial charge in [-0.25, -0.2) is 0 Å². The fraction of sp³-hybridized carbons (Fsp3) is 0.720. The number of fused-ring (bicyclic) bond motifs is 3. The molecular formula is C25H36O12. The van der Waals surface area contributed by atoms with Gasteiger partial charge in [-0.05, 0) is 37.0 Å². The van der Waals surface area contributed by atoms with Crippen LogP contribution in [0.5, 0.6) is 0 Å². The van der Waals surface area contributed by atoms with E-state index in [1.807, 2.05) is 0 Å². The second-order valence-electron chi connectivity index (χ2n) is 9.94. The molecule has 4 rings (SSSR count). The van der Waals surface area contributed by atoms with E-state index in [-0.39, 0.29) is 19.0 Å². The van der Waals surface area contributed by atoms with Gasteiger partial charge in [0, 0.05) is 5.92 Å². The van der Waals surface area contributed by atoms with Gasteiger partial charge in [-0.2, -0.15) is 0 Å². The smallest absolute Gasteiger partial charge is 0.208 e. The first-order valence-corrected chi connectivity index (χ1v) is 12.4. The predicted molar refractivity (Wildman–Crippen MR) is 124 cm³/mol. The number of ether oxygens (including phenoxy) is 4. The molecule has 0 unspecified atom stereocenters. The Hall–Kier alpha value is -1.71. The summed E-state index contributed by atoms with van der Waals surface area (Å²) in [7, 11) is 0. The molecule has 0 bridgehead atoms. The highest BCUT2D eigenvalue weighted by molar-refractivity contribution is 5.98. The number of rotatable bonds is 11. The van der Waals surface area contributed by atoms with Gasteiger partial charge in [-0.15, -0.1) is 0 Å². The minimum atomic E-state index is -1.64. The molecule has 3 heterocycles. The van der Waals surface area contributed by atoms with Crippen molar-refractivity contribution >= 4 is 5.78 Å². The van der Waals surface area contributed by atoms with E-state index in [9.17, 15) is 35.4 Å². The molecule has 0 aromatic rings. The molecule has 1 saturated carbocycles. The molecule has 1 aliphatic carbocycles. The zero-order valence-corrected chi connectivity index (χ0v) is 20.5. The van der Waals surface area contributed by atoms with Crippen LogP contribution in [0.4, 0.5) is 0 Å². The highest BCUT2D eigenvalue weighted by Gasteiger charge is 2.77. The standard InChI is InChI=1S/C25H36O12/c1-12(3-2-4-13(9-27)5-7-26)18(30)16-14-6-8-34-23(17(14)25(11-29)22(16)37-25)36-24-21(33)20(32)19(31)15(10-28)35-24/h3,5-6,8,14-17,19-24,26-29,31-33H,2,4,7,9-11H2,1H3/b12-3+,13-5+/t14-,15+,16+,17+,19+,20-,21+,22-,23-,24-,25+/m0/s1. The highest BCUT2D eigenvalue weighted by Crippen LogP contribution is 2.63. The van der Waals surface area contributed by atoms with Crippen molar-refractivity contribution in [3.63, 3.8) is 0 Å². The fourth-order valence-electron chi connectivity index (χ4n) is 5.73. The number of carbonyl (C=O) groups excluding carboxylic acids is 1. The minimum absolute atomic E-state index is 0.164. The first-order chi connectivity index (χ1) is 17.7. The summed E-state index contributed by atoms with van der Waals surface area (Å²) < 4.78 is 22.8. The molecule has 12 heteroatoms. The molecule has 4 aliphatic rings. The van der Waals surface area contributed by atoms with E-state index >= 15 is 0 Å². The summed E-state index contributed by atoms with van der Waals surface area (Å²) in [5.41, 5.74) is 0.0637. The Morgan fingerprint density at radius 2 is 1.81 bits per heavy atom. The maximum absolute atomic E-state index is 13.5. The van der Waals surface area contributed by atoms with E-state index in [1.54, 1.807) is 19.1 Å². The topological polar surface area (TPSA) is 199 Å². The number of hydrogen-bond acceptors (Lipinski definition) is 12. The van der Waals surface area contributed by atoms with Gasteiger partial charge < -0.3 is 54.7 Å². The van der Waals surface area contributed by atoms with Gasteiger partial charge in [-0.3, -0.25) is 4.79 Å². The molecule has 12 nitrogen and oxygen atoms in total. The van der Waals surface area contributed by atoms with Gasteiger partial charge in [0.15, 0.2) is 12.1 Å². The maximum atomic E-state index is 13.5. The van der Waals surface area contributed by atoms with Gasteiger partial charge in [0.2, 0.25) is 6.29 Å². The number of Topliss-reactive ketones (excluding diaryl/α,β-unsaturated/α-hetero) is 1. The van der Waals surface area contributed by atoms with Gasteiger partial charge >= 0.3 is 0 Å². The van der Waals surface area contributed by atoms with Crippen LogP contribution < -0.4 is 0 Å². The number of hydrogen-bond donors (Lipinski definition) is 7. The van der Waals surface area contributed by atoms with E-state index in [0.29, 0.717) is 24.0 Å². The number of aliphatic hydroxyl groups is 7. The number of aliphatic hydroxyl groups excluding tert-OH is 7. The molecule has 11 atom stereocenters. The van der Waals surface area contributed by atoms with Crippen LogP contribution >= 0.6 is 0 Å².